The summed E-state index contributed by atoms with van der Waals surface area (Å²) in [6.07, 6.45) is 0.775. The highest BCUT2D eigenvalue weighted by Crippen LogP contribution is 2.33. The summed E-state index contributed by atoms with van der Waals surface area (Å²) in [7, 11) is 1.35. The predicted octanol–water partition coefficient (Wildman–Crippen LogP) is 1.26. The molecule has 2 rings (SSSR count). The lowest BCUT2D eigenvalue weighted by Gasteiger charge is -2.24. The zero-order chi connectivity index (χ0) is 10.8. The number of rotatable bonds is 1. The van der Waals surface area contributed by atoms with E-state index in [0.717, 1.165) is 12.0 Å². The Morgan fingerprint density at radius 1 is 1.60 bits per heavy atom. The summed E-state index contributed by atoms with van der Waals surface area (Å²) in [5.74, 6) is 0.184. The van der Waals surface area contributed by atoms with E-state index in [1.807, 2.05) is 6.07 Å². The van der Waals surface area contributed by atoms with E-state index < -0.39 is 0 Å². The summed E-state index contributed by atoms with van der Waals surface area (Å²) in [6, 6.07) is 5.30. The fraction of sp³-hybridized carbons (Fsp3) is 0.364. The molecule has 1 aliphatic heterocycles. The molecular formula is C11H13NO3. The maximum atomic E-state index is 11.4. The van der Waals surface area contributed by atoms with Crippen LogP contribution in [0.25, 0.3) is 0 Å². The van der Waals surface area contributed by atoms with Crippen molar-refractivity contribution in [2.45, 2.75) is 12.5 Å². The Labute approximate surface area is 88.0 Å². The largest absolute Gasteiger partial charge is 0.492 e. The molecule has 1 heterocycles. The molecule has 0 unspecified atom stereocenters. The van der Waals surface area contributed by atoms with E-state index in [-0.39, 0.29) is 12.0 Å². The molecule has 2 N–H and O–H groups in total. The number of fused-ring (bicyclic) bond motifs is 1. The summed E-state index contributed by atoms with van der Waals surface area (Å²) >= 11 is 0. The summed E-state index contributed by atoms with van der Waals surface area (Å²) in [4.78, 5) is 11.4. The molecule has 4 nitrogen and oxygen atoms in total. The third-order valence-electron chi connectivity index (χ3n) is 2.53. The molecular weight excluding hydrogens is 194 g/mol. The molecule has 4 heteroatoms. The first-order valence-electron chi connectivity index (χ1n) is 4.83. The highest BCUT2D eigenvalue weighted by atomic mass is 16.5. The van der Waals surface area contributed by atoms with Crippen molar-refractivity contribution in [1.82, 2.24) is 0 Å². The van der Waals surface area contributed by atoms with Gasteiger partial charge in [-0.2, -0.15) is 0 Å². The first kappa shape index (κ1) is 9.98. The molecule has 0 aliphatic carbocycles. The maximum Gasteiger partial charge on any atom is 0.341 e. The number of para-hydroxylation sites is 1. The van der Waals surface area contributed by atoms with Crippen LogP contribution in [-0.2, 0) is 4.74 Å². The van der Waals surface area contributed by atoms with E-state index >= 15 is 0 Å². The minimum Gasteiger partial charge on any atom is -0.492 e. The third kappa shape index (κ3) is 1.68. The number of nitrogens with two attached hydrogens (primary N) is 1. The molecule has 1 atom stereocenters. The van der Waals surface area contributed by atoms with E-state index in [1.54, 1.807) is 12.1 Å². The van der Waals surface area contributed by atoms with Gasteiger partial charge in [-0.15, -0.1) is 0 Å². The number of methoxy groups -OCH3 is 1. The molecule has 0 radical (unpaired) electrons. The first-order chi connectivity index (χ1) is 7.24. The summed E-state index contributed by atoms with van der Waals surface area (Å²) in [6.45, 7) is 0.544. The van der Waals surface area contributed by atoms with Crippen molar-refractivity contribution in [1.29, 1.82) is 0 Å². The number of esters is 1. The third-order valence-corrected chi connectivity index (χ3v) is 2.53. The Kier molecular flexibility index (Phi) is 2.60. The number of hydrogen-bond acceptors (Lipinski definition) is 4. The van der Waals surface area contributed by atoms with Crippen molar-refractivity contribution in [2.24, 2.45) is 5.73 Å². The lowest BCUT2D eigenvalue weighted by Crippen LogP contribution is -2.22. The lowest BCUT2D eigenvalue weighted by molar-refractivity contribution is 0.0594. The first-order valence-corrected chi connectivity index (χ1v) is 4.83. The second kappa shape index (κ2) is 3.90. The SMILES string of the molecule is COC(=O)c1cccc2c1OCC[C@H]2N. The van der Waals surface area contributed by atoms with E-state index in [0.29, 0.717) is 17.9 Å². The van der Waals surface area contributed by atoms with Gasteiger partial charge in [0.1, 0.15) is 11.3 Å². The second-order valence-corrected chi connectivity index (χ2v) is 3.46. The van der Waals surface area contributed by atoms with Crippen molar-refractivity contribution in [3.8, 4) is 5.75 Å². The van der Waals surface area contributed by atoms with Gasteiger partial charge in [0.25, 0.3) is 0 Å². The Bertz CT molecular complexity index is 389. The fourth-order valence-electron chi connectivity index (χ4n) is 1.72. The fourth-order valence-corrected chi connectivity index (χ4v) is 1.72. The second-order valence-electron chi connectivity index (χ2n) is 3.46. The molecule has 0 amide bonds. The number of ether oxygens (including phenoxy) is 2. The van der Waals surface area contributed by atoms with Crippen molar-refractivity contribution in [2.75, 3.05) is 13.7 Å². The number of hydrogen-bond donors (Lipinski definition) is 1. The Morgan fingerprint density at radius 3 is 3.13 bits per heavy atom. The quantitative estimate of drug-likeness (QED) is 0.704. The van der Waals surface area contributed by atoms with Crippen LogP contribution in [0.4, 0.5) is 0 Å². The molecule has 0 aromatic heterocycles. The summed E-state index contributed by atoms with van der Waals surface area (Å²) < 4.78 is 10.1. The van der Waals surface area contributed by atoms with E-state index in [4.69, 9.17) is 10.5 Å². The summed E-state index contributed by atoms with van der Waals surface area (Å²) in [5, 5.41) is 0. The molecule has 0 saturated carbocycles. The van der Waals surface area contributed by atoms with Crippen LogP contribution in [0.1, 0.15) is 28.4 Å². The molecule has 1 aromatic carbocycles. The standard InChI is InChI=1S/C11H13NO3/c1-14-11(13)8-4-2-3-7-9(12)5-6-15-10(7)8/h2-4,9H,5-6,12H2,1H3/t9-/m1/s1. The Morgan fingerprint density at radius 2 is 2.40 bits per heavy atom. The normalized spacial score (nSPS) is 18.9. The molecule has 0 bridgehead atoms. The number of benzene rings is 1. The van der Waals surface area contributed by atoms with E-state index in [2.05, 4.69) is 4.74 Å². The molecule has 80 valence electrons. The van der Waals surface area contributed by atoms with Gasteiger partial charge in [0, 0.05) is 18.0 Å². The molecule has 1 aliphatic rings. The van der Waals surface area contributed by atoms with Gasteiger partial charge in [-0.3, -0.25) is 0 Å². The average molecular weight is 207 g/mol. The van der Waals surface area contributed by atoms with E-state index in [9.17, 15) is 4.79 Å². The average Bonchev–Trinajstić information content (AvgIpc) is 2.28. The van der Waals surface area contributed by atoms with Crippen LogP contribution < -0.4 is 10.5 Å². The van der Waals surface area contributed by atoms with Crippen molar-refractivity contribution >= 4 is 5.97 Å². The van der Waals surface area contributed by atoms with Crippen LogP contribution >= 0.6 is 0 Å². The minimum atomic E-state index is -0.388. The molecule has 1 aromatic rings. The summed E-state index contributed by atoms with van der Waals surface area (Å²) in [5.41, 5.74) is 7.25. The van der Waals surface area contributed by atoms with Crippen LogP contribution in [0.5, 0.6) is 5.75 Å². The van der Waals surface area contributed by atoms with Crippen LogP contribution in [0.15, 0.2) is 18.2 Å². The molecule has 0 spiro atoms. The topological polar surface area (TPSA) is 61.5 Å². The highest BCUT2D eigenvalue weighted by molar-refractivity contribution is 5.93. The van der Waals surface area contributed by atoms with Gasteiger partial charge in [0.15, 0.2) is 0 Å². The van der Waals surface area contributed by atoms with Crippen LogP contribution in [0.2, 0.25) is 0 Å². The van der Waals surface area contributed by atoms with Gasteiger partial charge < -0.3 is 15.2 Å². The predicted molar refractivity (Wildman–Crippen MR) is 54.8 cm³/mol. The monoisotopic (exact) mass is 207 g/mol. The number of carbonyl (C=O) groups is 1. The lowest BCUT2D eigenvalue weighted by atomic mass is 9.98. The van der Waals surface area contributed by atoms with Gasteiger partial charge in [0.05, 0.1) is 13.7 Å². The van der Waals surface area contributed by atoms with Gasteiger partial charge in [0.2, 0.25) is 0 Å². The van der Waals surface area contributed by atoms with E-state index in [1.165, 1.54) is 7.11 Å². The van der Waals surface area contributed by atoms with Gasteiger partial charge in [-0.1, -0.05) is 12.1 Å². The minimum absolute atomic E-state index is 0.0571. The van der Waals surface area contributed by atoms with Crippen molar-refractivity contribution in [3.05, 3.63) is 29.3 Å². The smallest absolute Gasteiger partial charge is 0.341 e. The van der Waals surface area contributed by atoms with Crippen LogP contribution in [0.3, 0.4) is 0 Å². The van der Waals surface area contributed by atoms with Crippen molar-refractivity contribution < 1.29 is 14.3 Å². The zero-order valence-electron chi connectivity index (χ0n) is 8.53. The van der Waals surface area contributed by atoms with Crippen LogP contribution in [-0.4, -0.2) is 19.7 Å². The molecule has 0 fully saturated rings. The highest BCUT2D eigenvalue weighted by Gasteiger charge is 2.23. The van der Waals surface area contributed by atoms with Crippen LogP contribution in [0, 0.1) is 0 Å². The molecule has 15 heavy (non-hydrogen) atoms. The Hall–Kier alpha value is -1.55. The zero-order valence-corrected chi connectivity index (χ0v) is 8.53. The van der Waals surface area contributed by atoms with Crippen molar-refractivity contribution in [3.63, 3.8) is 0 Å². The maximum absolute atomic E-state index is 11.4. The van der Waals surface area contributed by atoms with Gasteiger partial charge in [-0.25, -0.2) is 4.79 Å². The molecule has 0 saturated heterocycles. The van der Waals surface area contributed by atoms with Gasteiger partial charge in [-0.05, 0) is 6.07 Å². The Balaban J connectivity index is 2.49. The van der Waals surface area contributed by atoms with Gasteiger partial charge >= 0.3 is 5.97 Å². The number of carbonyl (C=O) groups excluding carboxylic acids is 1.